The highest BCUT2D eigenvalue weighted by Crippen LogP contribution is 2.71. The van der Waals surface area contributed by atoms with Gasteiger partial charge in [-0.25, -0.2) is 4.21 Å². The predicted molar refractivity (Wildman–Crippen MR) is 42.1 cm³/mol. The fourth-order valence-corrected chi connectivity index (χ4v) is 3.95. The molecule has 0 heterocycles. The monoisotopic (exact) mass is 192 g/mol. The molecule has 0 N–H and O–H groups in total. The van der Waals surface area contributed by atoms with Crippen molar-refractivity contribution < 1.29 is 8.39 Å². The van der Waals surface area contributed by atoms with Gasteiger partial charge in [0.05, 0.1) is 6.10 Å². The maximum Gasteiger partial charge on any atom is 0.256 e. The van der Waals surface area contributed by atoms with Crippen LogP contribution in [0.2, 0.25) is 0 Å². The van der Waals surface area contributed by atoms with Gasteiger partial charge < -0.3 is 0 Å². The Balaban J connectivity index is 1.77. The normalized spacial score (nSPS) is 59.9. The van der Waals surface area contributed by atoms with E-state index in [2.05, 4.69) is 0 Å². The molecule has 4 aliphatic carbocycles. The number of halogens is 1. The molecule has 0 aliphatic heterocycles. The number of rotatable bonds is 2. The Labute approximate surface area is 72.4 Å². The molecule has 62 valence electrons. The summed E-state index contributed by atoms with van der Waals surface area (Å²) in [5, 5.41) is 0. The van der Waals surface area contributed by atoms with Crippen LogP contribution in [-0.2, 0) is 14.5 Å². The van der Waals surface area contributed by atoms with Crippen molar-refractivity contribution in [1.82, 2.24) is 0 Å². The Bertz CT molecular complexity index is 218. The summed E-state index contributed by atoms with van der Waals surface area (Å²) >= 11 is 0. The summed E-state index contributed by atoms with van der Waals surface area (Å²) in [6, 6.07) is 0. The van der Waals surface area contributed by atoms with Gasteiger partial charge in [-0.15, -0.1) is 0 Å². The molecule has 4 aliphatic rings. The van der Waals surface area contributed by atoms with Crippen molar-refractivity contribution in [2.75, 3.05) is 0 Å². The minimum Gasteiger partial charge on any atom is -0.274 e. The van der Waals surface area contributed by atoms with Crippen molar-refractivity contribution in [3.8, 4) is 0 Å². The lowest BCUT2D eigenvalue weighted by atomic mass is 10.1. The number of hydrogen-bond donors (Lipinski definition) is 0. The van der Waals surface area contributed by atoms with Gasteiger partial charge in [0, 0.05) is 10.7 Å². The molecule has 0 aromatic carbocycles. The molecule has 0 aromatic heterocycles. The molecule has 0 amide bonds. The molecule has 4 saturated carbocycles. The van der Waals surface area contributed by atoms with Crippen molar-refractivity contribution in [2.24, 2.45) is 23.7 Å². The molecular weight excluding hydrogens is 184 g/mol. The van der Waals surface area contributed by atoms with Crippen LogP contribution in [0.15, 0.2) is 0 Å². The SMILES string of the molecule is O=S(Cl)O[C@H]1C2C[C@@H]3C1[C@@H]3C2. The molecular formula is C7H9ClO2S. The molecule has 0 spiro atoms. The van der Waals surface area contributed by atoms with Crippen molar-refractivity contribution in [2.45, 2.75) is 18.9 Å². The third kappa shape index (κ3) is 0.794. The first-order valence-electron chi connectivity index (χ1n) is 4.02. The summed E-state index contributed by atoms with van der Waals surface area (Å²) in [5.41, 5.74) is 0. The van der Waals surface area contributed by atoms with E-state index in [0.29, 0.717) is 5.92 Å². The van der Waals surface area contributed by atoms with Crippen LogP contribution in [0, 0.1) is 23.7 Å². The van der Waals surface area contributed by atoms with E-state index in [1.54, 1.807) is 0 Å². The molecule has 11 heavy (non-hydrogen) atoms. The van der Waals surface area contributed by atoms with Gasteiger partial charge in [0.1, 0.15) is 0 Å². The van der Waals surface area contributed by atoms with Crippen LogP contribution >= 0.6 is 10.7 Å². The zero-order chi connectivity index (χ0) is 7.59. The zero-order valence-electron chi connectivity index (χ0n) is 5.90. The maximum absolute atomic E-state index is 10.6. The molecule has 0 saturated heterocycles. The van der Waals surface area contributed by atoms with Gasteiger partial charge in [-0.1, -0.05) is 0 Å². The summed E-state index contributed by atoms with van der Waals surface area (Å²) in [4.78, 5) is 0. The van der Waals surface area contributed by atoms with Crippen molar-refractivity contribution >= 4 is 21.0 Å². The van der Waals surface area contributed by atoms with E-state index in [1.807, 2.05) is 0 Å². The Morgan fingerprint density at radius 1 is 1.36 bits per heavy atom. The minimum atomic E-state index is -1.57. The predicted octanol–water partition coefficient (Wildman–Crippen LogP) is 1.47. The topological polar surface area (TPSA) is 26.3 Å². The van der Waals surface area contributed by atoms with Crippen LogP contribution in [0.25, 0.3) is 0 Å². The second kappa shape index (κ2) is 2.01. The zero-order valence-corrected chi connectivity index (χ0v) is 7.48. The summed E-state index contributed by atoms with van der Waals surface area (Å²) in [6.07, 6.45) is 2.84. The Morgan fingerprint density at radius 2 is 2.00 bits per heavy atom. The molecule has 4 fully saturated rings. The van der Waals surface area contributed by atoms with E-state index < -0.39 is 10.3 Å². The first-order chi connectivity index (χ1) is 5.27. The first-order valence-corrected chi connectivity index (χ1v) is 5.92. The van der Waals surface area contributed by atoms with E-state index in [-0.39, 0.29) is 6.10 Å². The van der Waals surface area contributed by atoms with Crippen LogP contribution < -0.4 is 0 Å². The summed E-state index contributed by atoms with van der Waals surface area (Å²) < 4.78 is 15.7. The van der Waals surface area contributed by atoms with Crippen LogP contribution in [-0.4, -0.2) is 10.3 Å². The fraction of sp³-hybridized carbons (Fsp3) is 1.00. The molecule has 4 bridgehead atoms. The molecule has 6 atom stereocenters. The van der Waals surface area contributed by atoms with E-state index in [0.717, 1.165) is 17.8 Å². The van der Waals surface area contributed by atoms with Gasteiger partial charge in [-0.3, -0.25) is 4.18 Å². The minimum absolute atomic E-state index is 0.239. The highest BCUT2D eigenvalue weighted by atomic mass is 35.7. The standard InChI is InChI=1S/C7H9ClO2S/c8-11(9)10-7-3-1-4-5(2-3)6(4)7/h3-7H,1-2H2/t3?,4-,5+,6?,7-,11?/m0/s1. The van der Waals surface area contributed by atoms with E-state index >= 15 is 0 Å². The maximum atomic E-state index is 10.6. The lowest BCUT2D eigenvalue weighted by Crippen LogP contribution is -2.16. The van der Waals surface area contributed by atoms with Gasteiger partial charge in [0.2, 0.25) is 0 Å². The van der Waals surface area contributed by atoms with Gasteiger partial charge in [0.25, 0.3) is 10.3 Å². The molecule has 4 rings (SSSR count). The van der Waals surface area contributed by atoms with E-state index in [1.165, 1.54) is 12.8 Å². The molecule has 2 nitrogen and oxygen atoms in total. The second-order valence-corrected chi connectivity index (χ2v) is 5.23. The quantitative estimate of drug-likeness (QED) is 0.620. The van der Waals surface area contributed by atoms with Gasteiger partial charge in [0.15, 0.2) is 0 Å². The van der Waals surface area contributed by atoms with Gasteiger partial charge in [-0.2, -0.15) is 0 Å². The van der Waals surface area contributed by atoms with Crippen LogP contribution in [0.5, 0.6) is 0 Å². The largest absolute Gasteiger partial charge is 0.274 e. The molecule has 0 aromatic rings. The summed E-state index contributed by atoms with van der Waals surface area (Å²) in [6.45, 7) is 0. The summed E-state index contributed by atoms with van der Waals surface area (Å²) in [5.74, 6) is 3.22. The highest BCUT2D eigenvalue weighted by molar-refractivity contribution is 8.04. The van der Waals surface area contributed by atoms with Gasteiger partial charge >= 0.3 is 0 Å². The molecule has 0 radical (unpaired) electrons. The van der Waals surface area contributed by atoms with E-state index in [4.69, 9.17) is 14.9 Å². The van der Waals surface area contributed by atoms with Crippen molar-refractivity contribution in [3.05, 3.63) is 0 Å². The van der Waals surface area contributed by atoms with Crippen LogP contribution in [0.3, 0.4) is 0 Å². The van der Waals surface area contributed by atoms with Gasteiger partial charge in [-0.05, 0) is 36.5 Å². The fourth-order valence-electron chi connectivity index (χ4n) is 3.23. The van der Waals surface area contributed by atoms with E-state index in [9.17, 15) is 4.21 Å². The Hall–Kier alpha value is 0.400. The number of hydrogen-bond acceptors (Lipinski definition) is 2. The average Bonchev–Trinajstić information content (AvgIpc) is 2.30. The lowest BCUT2D eigenvalue weighted by Gasteiger charge is -2.11. The second-order valence-electron chi connectivity index (χ2n) is 3.89. The third-order valence-electron chi connectivity index (χ3n) is 3.58. The van der Waals surface area contributed by atoms with Crippen LogP contribution in [0.1, 0.15) is 12.8 Å². The summed E-state index contributed by atoms with van der Waals surface area (Å²) in [7, 11) is 3.70. The first kappa shape index (κ1) is 6.87. The average molecular weight is 193 g/mol. The van der Waals surface area contributed by atoms with Crippen LogP contribution in [0.4, 0.5) is 0 Å². The Kier molecular flexibility index (Phi) is 1.25. The third-order valence-corrected chi connectivity index (χ3v) is 4.17. The van der Waals surface area contributed by atoms with Crippen molar-refractivity contribution in [3.63, 3.8) is 0 Å². The highest BCUT2D eigenvalue weighted by Gasteiger charge is 2.69. The van der Waals surface area contributed by atoms with Crippen molar-refractivity contribution in [1.29, 1.82) is 0 Å². The molecule has 3 unspecified atom stereocenters. The molecule has 4 heteroatoms. The smallest absolute Gasteiger partial charge is 0.256 e. The lowest BCUT2D eigenvalue weighted by molar-refractivity contribution is 0.187. The Morgan fingerprint density at radius 3 is 2.36 bits per heavy atom.